The molecule has 2 saturated heterocycles. The normalized spacial score (nSPS) is 20.4. The Morgan fingerprint density at radius 1 is 1.05 bits per heavy atom. The predicted octanol–water partition coefficient (Wildman–Crippen LogP) is 3.50. The summed E-state index contributed by atoms with van der Waals surface area (Å²) in [5.41, 5.74) is 2.24. The molecule has 8 nitrogen and oxygen atoms in total. The Morgan fingerprint density at radius 3 is 2.36 bits per heavy atom. The van der Waals surface area contributed by atoms with E-state index in [9.17, 15) is 14.4 Å². The molecule has 39 heavy (non-hydrogen) atoms. The minimum atomic E-state index is -0.624. The van der Waals surface area contributed by atoms with Crippen LogP contribution in [0.15, 0.2) is 60.7 Å². The third-order valence-corrected chi connectivity index (χ3v) is 7.70. The van der Waals surface area contributed by atoms with Crippen molar-refractivity contribution in [1.82, 2.24) is 25.1 Å². The van der Waals surface area contributed by atoms with Crippen molar-refractivity contribution >= 4 is 17.8 Å². The van der Waals surface area contributed by atoms with Crippen LogP contribution >= 0.6 is 0 Å². The lowest BCUT2D eigenvalue weighted by Gasteiger charge is -2.55. The maximum atomic E-state index is 13.8. The van der Waals surface area contributed by atoms with Crippen molar-refractivity contribution in [2.75, 3.05) is 26.2 Å². The molecule has 4 amide bonds. The third kappa shape index (κ3) is 6.61. The first kappa shape index (κ1) is 28.2. The smallest absolute Gasteiger partial charge is 0.334 e. The number of unbranched alkanes of at least 4 members (excludes halogenated alkanes) is 1. The summed E-state index contributed by atoms with van der Waals surface area (Å²) in [6.45, 7) is 5.27. The van der Waals surface area contributed by atoms with E-state index in [0.29, 0.717) is 13.1 Å². The van der Waals surface area contributed by atoms with Crippen LogP contribution in [0.5, 0.6) is 0 Å². The Bertz CT molecular complexity index is 1170. The van der Waals surface area contributed by atoms with Crippen LogP contribution in [0.1, 0.15) is 44.2 Å². The van der Waals surface area contributed by atoms with Crippen LogP contribution in [0, 0.1) is 18.3 Å². The van der Waals surface area contributed by atoms with Gasteiger partial charge in [-0.25, -0.2) is 9.80 Å². The van der Waals surface area contributed by atoms with Crippen molar-refractivity contribution in [1.29, 1.82) is 0 Å². The molecule has 2 aliphatic heterocycles. The summed E-state index contributed by atoms with van der Waals surface area (Å²) in [6, 6.07) is 19.0. The number of terminal acetylenes is 1. The first-order valence-electron chi connectivity index (χ1n) is 13.9. The largest absolute Gasteiger partial charge is 0.337 e. The Balaban J connectivity index is 1.55. The van der Waals surface area contributed by atoms with E-state index < -0.39 is 12.2 Å². The van der Waals surface area contributed by atoms with E-state index in [-0.39, 0.29) is 43.4 Å². The summed E-state index contributed by atoms with van der Waals surface area (Å²) in [6.07, 6.45) is 8.47. The number of rotatable bonds is 10. The molecule has 2 heterocycles. The highest BCUT2D eigenvalue weighted by molar-refractivity contribution is 5.91. The fourth-order valence-electron chi connectivity index (χ4n) is 5.46. The van der Waals surface area contributed by atoms with Gasteiger partial charge >= 0.3 is 6.03 Å². The lowest BCUT2D eigenvalue weighted by atomic mass is 9.92. The topological polar surface area (TPSA) is 76.2 Å². The molecule has 2 aromatic carbocycles. The number of fused-ring (bicyclic) bond motifs is 1. The van der Waals surface area contributed by atoms with Crippen LogP contribution in [-0.2, 0) is 22.6 Å². The number of benzene rings is 2. The quantitative estimate of drug-likeness (QED) is 0.378. The zero-order valence-corrected chi connectivity index (χ0v) is 23.0. The second kappa shape index (κ2) is 13.3. The molecule has 0 aromatic heterocycles. The average molecular weight is 530 g/mol. The van der Waals surface area contributed by atoms with E-state index in [2.05, 4.69) is 23.4 Å². The molecule has 1 unspecified atom stereocenters. The van der Waals surface area contributed by atoms with Crippen molar-refractivity contribution in [3.05, 3.63) is 71.8 Å². The minimum Gasteiger partial charge on any atom is -0.337 e. The highest BCUT2D eigenvalue weighted by Crippen LogP contribution is 2.31. The van der Waals surface area contributed by atoms with Gasteiger partial charge < -0.3 is 15.1 Å². The van der Waals surface area contributed by atoms with E-state index in [1.165, 1.54) is 5.56 Å². The molecule has 206 valence electrons. The van der Waals surface area contributed by atoms with Gasteiger partial charge in [-0.15, -0.1) is 6.42 Å². The number of carbonyl (C=O) groups excluding carboxylic acids is 3. The highest BCUT2D eigenvalue weighted by Gasteiger charge is 2.52. The van der Waals surface area contributed by atoms with Gasteiger partial charge in [0.2, 0.25) is 11.8 Å². The summed E-state index contributed by atoms with van der Waals surface area (Å²) < 4.78 is 0. The average Bonchev–Trinajstić information content (AvgIpc) is 2.95. The van der Waals surface area contributed by atoms with Crippen molar-refractivity contribution in [2.24, 2.45) is 5.92 Å². The Hall–Kier alpha value is -3.83. The number of aryl methyl sites for hydroxylation is 1. The SMILES string of the molecule is C#CCN1CC(=O)N2[C@@H](C(C)CC)C(=O)N(CCCCc3ccccc3)C[C@@H]2N1C(=O)NCc1ccccc1. The monoisotopic (exact) mass is 529 g/mol. The van der Waals surface area contributed by atoms with Crippen LogP contribution in [0.2, 0.25) is 0 Å². The van der Waals surface area contributed by atoms with Gasteiger partial charge in [0.1, 0.15) is 12.2 Å². The number of carbonyl (C=O) groups is 3. The molecule has 0 aliphatic carbocycles. The molecule has 2 aromatic rings. The van der Waals surface area contributed by atoms with Crippen LogP contribution in [0.3, 0.4) is 0 Å². The minimum absolute atomic E-state index is 0.0382. The first-order valence-corrected chi connectivity index (χ1v) is 13.9. The van der Waals surface area contributed by atoms with Gasteiger partial charge in [-0.1, -0.05) is 86.9 Å². The van der Waals surface area contributed by atoms with Crippen molar-refractivity contribution in [3.8, 4) is 12.3 Å². The molecule has 2 fully saturated rings. The van der Waals surface area contributed by atoms with Gasteiger partial charge in [0.25, 0.3) is 0 Å². The second-order valence-corrected chi connectivity index (χ2v) is 10.4. The first-order chi connectivity index (χ1) is 18.9. The van der Waals surface area contributed by atoms with Gasteiger partial charge in [0.05, 0.1) is 19.6 Å². The number of hydrogen-bond donors (Lipinski definition) is 1. The number of amides is 4. The van der Waals surface area contributed by atoms with Crippen molar-refractivity contribution in [2.45, 2.75) is 58.3 Å². The third-order valence-electron chi connectivity index (χ3n) is 7.70. The zero-order chi connectivity index (χ0) is 27.8. The molecule has 1 N–H and O–H groups in total. The summed E-state index contributed by atoms with van der Waals surface area (Å²) in [4.78, 5) is 44.3. The lowest BCUT2D eigenvalue weighted by molar-refractivity contribution is -0.192. The van der Waals surface area contributed by atoms with Crippen LogP contribution in [-0.4, -0.2) is 76.0 Å². The summed E-state index contributed by atoms with van der Waals surface area (Å²) in [5, 5.41) is 6.19. The maximum absolute atomic E-state index is 13.8. The fraction of sp³-hybridized carbons (Fsp3) is 0.452. The van der Waals surface area contributed by atoms with Crippen molar-refractivity contribution in [3.63, 3.8) is 0 Å². The molecule has 4 rings (SSSR count). The predicted molar refractivity (Wildman–Crippen MR) is 151 cm³/mol. The molecule has 2 aliphatic rings. The molecular weight excluding hydrogens is 490 g/mol. The van der Waals surface area contributed by atoms with Crippen LogP contribution < -0.4 is 5.32 Å². The molecule has 0 spiro atoms. The molecule has 8 heteroatoms. The van der Waals surface area contributed by atoms with Crippen molar-refractivity contribution < 1.29 is 14.4 Å². The van der Waals surface area contributed by atoms with E-state index in [0.717, 1.165) is 31.2 Å². The lowest BCUT2D eigenvalue weighted by Crippen LogP contribution is -2.77. The number of hydrogen-bond acceptors (Lipinski definition) is 4. The van der Waals surface area contributed by atoms with Gasteiger partial charge in [0.15, 0.2) is 0 Å². The summed E-state index contributed by atoms with van der Waals surface area (Å²) in [5.74, 6) is 2.32. The Morgan fingerprint density at radius 2 is 1.72 bits per heavy atom. The number of piperazine rings is 1. The highest BCUT2D eigenvalue weighted by atomic mass is 16.2. The van der Waals surface area contributed by atoms with E-state index in [4.69, 9.17) is 6.42 Å². The standard InChI is InChI=1S/C31H39N5O3/c1-4-19-34-23-28(37)35-27(36(34)31(39)32-21-26-17-10-7-11-18-26)22-33(30(38)29(35)24(3)5-2)20-13-12-16-25-14-8-6-9-15-25/h1,6-11,14-15,17-18,24,27,29H,5,12-13,16,19-23H2,2-3H3,(H,32,39)/t24?,27-,29-/m0/s1. The number of nitrogens with zero attached hydrogens (tertiary/aromatic N) is 4. The summed E-state index contributed by atoms with van der Waals surface area (Å²) >= 11 is 0. The summed E-state index contributed by atoms with van der Waals surface area (Å²) in [7, 11) is 0. The molecule has 3 atom stereocenters. The van der Waals surface area contributed by atoms with Crippen LogP contribution in [0.4, 0.5) is 4.79 Å². The van der Waals surface area contributed by atoms with Gasteiger partial charge in [-0.2, -0.15) is 5.01 Å². The Labute approximate surface area is 231 Å². The fourth-order valence-corrected chi connectivity index (χ4v) is 5.46. The molecule has 0 saturated carbocycles. The van der Waals surface area contributed by atoms with Gasteiger partial charge in [-0.05, 0) is 36.3 Å². The maximum Gasteiger partial charge on any atom is 0.334 e. The number of urea groups is 1. The number of hydrazine groups is 1. The molecule has 0 bridgehead atoms. The molecular formula is C31H39N5O3. The van der Waals surface area contributed by atoms with E-state index in [1.54, 1.807) is 14.9 Å². The molecule has 0 radical (unpaired) electrons. The van der Waals surface area contributed by atoms with Crippen LogP contribution in [0.25, 0.3) is 0 Å². The second-order valence-electron chi connectivity index (χ2n) is 10.4. The number of nitrogens with one attached hydrogen (secondary N) is 1. The Kier molecular flexibility index (Phi) is 9.61. The zero-order valence-electron chi connectivity index (χ0n) is 23.0. The van der Waals surface area contributed by atoms with Gasteiger partial charge in [-0.3, -0.25) is 9.59 Å². The van der Waals surface area contributed by atoms with E-state index in [1.807, 2.05) is 67.3 Å². The van der Waals surface area contributed by atoms with Gasteiger partial charge in [0, 0.05) is 13.1 Å². The van der Waals surface area contributed by atoms with E-state index >= 15 is 0 Å².